The van der Waals surface area contributed by atoms with Crippen molar-refractivity contribution in [3.05, 3.63) is 35.4 Å². The summed E-state index contributed by atoms with van der Waals surface area (Å²) in [5, 5.41) is 2.83. The number of thiocarbonyl (C=S) groups is 1. The van der Waals surface area contributed by atoms with Gasteiger partial charge in [0.15, 0.2) is 0 Å². The molecule has 1 aromatic rings. The first-order valence-electron chi connectivity index (χ1n) is 6.81. The SMILES string of the molecule is COCCNC(=O)C(C)N(C)Cc1cccc(C(N)=S)c1. The maximum atomic E-state index is 12.0. The lowest BCUT2D eigenvalue weighted by Crippen LogP contribution is -2.43. The van der Waals surface area contributed by atoms with Crippen molar-refractivity contribution in [2.24, 2.45) is 5.73 Å². The van der Waals surface area contributed by atoms with E-state index in [0.717, 1.165) is 11.1 Å². The lowest BCUT2D eigenvalue weighted by atomic mass is 10.1. The molecule has 1 aromatic carbocycles. The second-order valence-corrected chi connectivity index (χ2v) is 5.38. The van der Waals surface area contributed by atoms with Gasteiger partial charge in [-0.25, -0.2) is 0 Å². The number of methoxy groups -OCH3 is 1. The summed E-state index contributed by atoms with van der Waals surface area (Å²) >= 11 is 4.98. The summed E-state index contributed by atoms with van der Waals surface area (Å²) in [6.45, 7) is 3.55. The van der Waals surface area contributed by atoms with Gasteiger partial charge in [0, 0.05) is 25.8 Å². The second kappa shape index (κ2) is 8.71. The first-order valence-corrected chi connectivity index (χ1v) is 7.22. The molecule has 0 heterocycles. The van der Waals surface area contributed by atoms with Crippen LogP contribution in [0.5, 0.6) is 0 Å². The number of benzene rings is 1. The highest BCUT2D eigenvalue weighted by Crippen LogP contribution is 2.09. The average Bonchev–Trinajstić information content (AvgIpc) is 2.46. The molecule has 0 aliphatic carbocycles. The molecule has 1 amide bonds. The molecule has 116 valence electrons. The van der Waals surface area contributed by atoms with Crippen LogP contribution in [-0.2, 0) is 16.1 Å². The third-order valence-electron chi connectivity index (χ3n) is 3.29. The Morgan fingerprint density at radius 2 is 2.24 bits per heavy atom. The Kier molecular flexibility index (Phi) is 7.28. The number of nitrogens with zero attached hydrogens (tertiary/aromatic N) is 1. The molecule has 3 N–H and O–H groups in total. The first-order chi connectivity index (χ1) is 9.95. The molecule has 0 fully saturated rings. The maximum absolute atomic E-state index is 12.0. The highest BCUT2D eigenvalue weighted by Gasteiger charge is 2.17. The highest BCUT2D eigenvalue weighted by atomic mass is 32.1. The Hall–Kier alpha value is -1.50. The predicted octanol–water partition coefficient (Wildman–Crippen LogP) is 0.904. The minimum absolute atomic E-state index is 0.0138. The van der Waals surface area contributed by atoms with E-state index < -0.39 is 0 Å². The van der Waals surface area contributed by atoms with Crippen LogP contribution >= 0.6 is 12.2 Å². The molecule has 0 bridgehead atoms. The van der Waals surface area contributed by atoms with E-state index in [4.69, 9.17) is 22.7 Å². The second-order valence-electron chi connectivity index (χ2n) is 4.94. The third kappa shape index (κ3) is 5.79. The van der Waals surface area contributed by atoms with Crippen molar-refractivity contribution < 1.29 is 9.53 Å². The van der Waals surface area contributed by atoms with Crippen molar-refractivity contribution in [3.8, 4) is 0 Å². The molecule has 0 saturated heterocycles. The number of carbonyl (C=O) groups excluding carboxylic acids is 1. The van der Waals surface area contributed by atoms with Crippen molar-refractivity contribution in [1.82, 2.24) is 10.2 Å². The van der Waals surface area contributed by atoms with E-state index in [1.165, 1.54) is 0 Å². The summed E-state index contributed by atoms with van der Waals surface area (Å²) in [5.74, 6) is -0.0138. The summed E-state index contributed by atoms with van der Waals surface area (Å²) in [5.41, 5.74) is 7.54. The summed E-state index contributed by atoms with van der Waals surface area (Å²) in [7, 11) is 3.52. The van der Waals surface area contributed by atoms with Gasteiger partial charge in [0.2, 0.25) is 5.91 Å². The van der Waals surface area contributed by atoms with Crippen LogP contribution in [0.4, 0.5) is 0 Å². The van der Waals surface area contributed by atoms with Gasteiger partial charge in [-0.3, -0.25) is 9.69 Å². The van der Waals surface area contributed by atoms with Crippen molar-refractivity contribution in [1.29, 1.82) is 0 Å². The molecule has 0 aromatic heterocycles. The van der Waals surface area contributed by atoms with Gasteiger partial charge in [0.05, 0.1) is 12.6 Å². The number of carbonyl (C=O) groups is 1. The lowest BCUT2D eigenvalue weighted by molar-refractivity contribution is -0.125. The minimum Gasteiger partial charge on any atom is -0.389 e. The van der Waals surface area contributed by atoms with E-state index in [0.29, 0.717) is 24.7 Å². The van der Waals surface area contributed by atoms with Gasteiger partial charge in [-0.15, -0.1) is 0 Å². The molecule has 0 radical (unpaired) electrons. The quantitative estimate of drug-likeness (QED) is 0.552. The number of likely N-dealkylation sites (N-methyl/N-ethyl adjacent to an activating group) is 1. The van der Waals surface area contributed by atoms with Crippen molar-refractivity contribution in [3.63, 3.8) is 0 Å². The van der Waals surface area contributed by atoms with E-state index in [9.17, 15) is 4.79 Å². The summed E-state index contributed by atoms with van der Waals surface area (Å²) < 4.78 is 4.91. The molecule has 1 unspecified atom stereocenters. The third-order valence-corrected chi connectivity index (χ3v) is 3.53. The van der Waals surface area contributed by atoms with Crippen molar-refractivity contribution in [2.45, 2.75) is 19.5 Å². The zero-order valence-electron chi connectivity index (χ0n) is 12.8. The van der Waals surface area contributed by atoms with Crippen molar-refractivity contribution in [2.75, 3.05) is 27.3 Å². The molecular formula is C15H23N3O2S. The fraction of sp³-hybridized carbons (Fsp3) is 0.467. The zero-order valence-corrected chi connectivity index (χ0v) is 13.6. The van der Waals surface area contributed by atoms with Gasteiger partial charge in [-0.05, 0) is 25.6 Å². The normalized spacial score (nSPS) is 12.2. The van der Waals surface area contributed by atoms with Gasteiger partial charge in [0.25, 0.3) is 0 Å². The molecule has 0 spiro atoms. The van der Waals surface area contributed by atoms with Crippen molar-refractivity contribution >= 4 is 23.1 Å². The molecular weight excluding hydrogens is 286 g/mol. The number of nitrogens with one attached hydrogen (secondary N) is 1. The predicted molar refractivity (Wildman–Crippen MR) is 88.1 cm³/mol. The maximum Gasteiger partial charge on any atom is 0.237 e. The fourth-order valence-corrected chi connectivity index (χ4v) is 2.00. The lowest BCUT2D eigenvalue weighted by Gasteiger charge is -2.24. The van der Waals surface area contributed by atoms with E-state index in [2.05, 4.69) is 5.32 Å². The average molecular weight is 309 g/mol. The van der Waals surface area contributed by atoms with E-state index in [-0.39, 0.29) is 11.9 Å². The number of hydrogen-bond donors (Lipinski definition) is 2. The van der Waals surface area contributed by atoms with Crippen LogP contribution in [0.2, 0.25) is 0 Å². The molecule has 0 aliphatic rings. The number of rotatable bonds is 8. The van der Waals surface area contributed by atoms with Gasteiger partial charge < -0.3 is 15.8 Å². The standard InChI is InChI=1S/C15H23N3O2S/c1-11(15(19)17-7-8-20-3)18(2)10-12-5-4-6-13(9-12)14(16)21/h4-6,9,11H,7-8,10H2,1-3H3,(H2,16,21)(H,17,19). The summed E-state index contributed by atoms with van der Waals surface area (Å²) in [6.07, 6.45) is 0. The molecule has 6 heteroatoms. The van der Waals surface area contributed by atoms with Crippen LogP contribution in [-0.4, -0.2) is 49.1 Å². The van der Waals surface area contributed by atoms with Crippen LogP contribution in [0.3, 0.4) is 0 Å². The smallest absolute Gasteiger partial charge is 0.237 e. The topological polar surface area (TPSA) is 67.6 Å². The van der Waals surface area contributed by atoms with E-state index in [1.807, 2.05) is 43.1 Å². The molecule has 1 rings (SSSR count). The Morgan fingerprint density at radius 1 is 1.52 bits per heavy atom. The number of amides is 1. The van der Waals surface area contributed by atoms with Gasteiger partial charge in [0.1, 0.15) is 4.99 Å². The van der Waals surface area contributed by atoms with Gasteiger partial charge in [-0.2, -0.15) is 0 Å². The molecule has 5 nitrogen and oxygen atoms in total. The largest absolute Gasteiger partial charge is 0.389 e. The molecule has 1 atom stereocenters. The number of hydrogen-bond acceptors (Lipinski definition) is 4. The Bertz CT molecular complexity index is 494. The Balaban J connectivity index is 2.59. The first kappa shape index (κ1) is 17.6. The van der Waals surface area contributed by atoms with Gasteiger partial charge in [-0.1, -0.05) is 30.4 Å². The van der Waals surface area contributed by atoms with Gasteiger partial charge >= 0.3 is 0 Å². The number of nitrogens with two attached hydrogens (primary N) is 1. The zero-order chi connectivity index (χ0) is 15.8. The van der Waals surface area contributed by atoms with Crippen LogP contribution in [0.1, 0.15) is 18.1 Å². The number of ether oxygens (including phenoxy) is 1. The monoisotopic (exact) mass is 309 g/mol. The Morgan fingerprint density at radius 3 is 2.86 bits per heavy atom. The Labute approximate surface area is 131 Å². The summed E-state index contributed by atoms with van der Waals surface area (Å²) in [4.78, 5) is 14.3. The van der Waals surface area contributed by atoms with Crippen LogP contribution in [0, 0.1) is 0 Å². The molecule has 0 saturated carbocycles. The minimum atomic E-state index is -0.227. The summed E-state index contributed by atoms with van der Waals surface area (Å²) in [6, 6.07) is 7.52. The van der Waals surface area contributed by atoms with Crippen LogP contribution in [0.15, 0.2) is 24.3 Å². The van der Waals surface area contributed by atoms with E-state index in [1.54, 1.807) is 7.11 Å². The fourth-order valence-electron chi connectivity index (χ4n) is 1.87. The molecule has 21 heavy (non-hydrogen) atoms. The van der Waals surface area contributed by atoms with Crippen LogP contribution in [0.25, 0.3) is 0 Å². The van der Waals surface area contributed by atoms with E-state index >= 15 is 0 Å². The van der Waals surface area contributed by atoms with Crippen LogP contribution < -0.4 is 11.1 Å². The highest BCUT2D eigenvalue weighted by molar-refractivity contribution is 7.80. The molecule has 0 aliphatic heterocycles.